The second-order valence-electron chi connectivity index (χ2n) is 2.22. The second kappa shape index (κ2) is 3.62. The van der Waals surface area contributed by atoms with Crippen molar-refractivity contribution in [2.24, 2.45) is 0 Å². The van der Waals surface area contributed by atoms with Gasteiger partial charge in [0.25, 0.3) is 0 Å². The predicted molar refractivity (Wildman–Crippen MR) is 45.6 cm³/mol. The lowest BCUT2D eigenvalue weighted by Crippen LogP contribution is -2.06. The summed E-state index contributed by atoms with van der Waals surface area (Å²) < 4.78 is 0. The SMILES string of the molecule is O=C1C=CC(C(=O)CBr)=CC1. The molecule has 1 aliphatic carbocycles. The van der Waals surface area contributed by atoms with Gasteiger partial charge in [0.15, 0.2) is 11.6 Å². The van der Waals surface area contributed by atoms with E-state index in [0.29, 0.717) is 17.3 Å². The molecular formula is C8H7BrO2. The number of allylic oxidation sites excluding steroid dienone is 4. The number of alkyl halides is 1. The Morgan fingerprint density at radius 1 is 1.55 bits per heavy atom. The standard InChI is InChI=1S/C8H7BrO2/c9-5-8(11)6-1-3-7(10)4-2-6/h1-3H,4-5H2. The van der Waals surface area contributed by atoms with Crippen LogP contribution in [-0.2, 0) is 9.59 Å². The molecule has 2 nitrogen and oxygen atoms in total. The molecule has 1 rings (SSSR count). The molecule has 0 spiro atoms. The summed E-state index contributed by atoms with van der Waals surface area (Å²) in [7, 11) is 0. The van der Waals surface area contributed by atoms with E-state index in [4.69, 9.17) is 0 Å². The molecule has 58 valence electrons. The van der Waals surface area contributed by atoms with E-state index < -0.39 is 0 Å². The number of rotatable bonds is 2. The minimum atomic E-state index is 0.0220. The van der Waals surface area contributed by atoms with Gasteiger partial charge >= 0.3 is 0 Å². The summed E-state index contributed by atoms with van der Waals surface area (Å²) in [5.41, 5.74) is 0.626. The van der Waals surface area contributed by atoms with Crippen molar-refractivity contribution in [2.45, 2.75) is 6.42 Å². The molecule has 0 saturated heterocycles. The zero-order valence-corrected chi connectivity index (χ0v) is 7.43. The highest BCUT2D eigenvalue weighted by Gasteiger charge is 2.08. The Labute approximate surface area is 73.1 Å². The first kappa shape index (κ1) is 8.40. The van der Waals surface area contributed by atoms with Gasteiger partial charge in [-0.05, 0) is 12.2 Å². The van der Waals surface area contributed by atoms with Crippen LogP contribution in [0.15, 0.2) is 23.8 Å². The van der Waals surface area contributed by atoms with Crippen LogP contribution in [-0.4, -0.2) is 16.9 Å². The van der Waals surface area contributed by atoms with Gasteiger partial charge in [0.2, 0.25) is 0 Å². The van der Waals surface area contributed by atoms with Crippen LogP contribution in [0.3, 0.4) is 0 Å². The molecule has 0 aliphatic heterocycles. The summed E-state index contributed by atoms with van der Waals surface area (Å²) in [5, 5.41) is 0.317. The largest absolute Gasteiger partial charge is 0.295 e. The number of halogens is 1. The monoisotopic (exact) mass is 214 g/mol. The molecule has 0 saturated carbocycles. The Balaban J connectivity index is 2.70. The van der Waals surface area contributed by atoms with Crippen LogP contribution in [0.1, 0.15) is 6.42 Å². The second-order valence-corrected chi connectivity index (χ2v) is 2.78. The van der Waals surface area contributed by atoms with Crippen LogP contribution in [0.5, 0.6) is 0 Å². The molecule has 0 atom stereocenters. The van der Waals surface area contributed by atoms with Crippen LogP contribution in [0, 0.1) is 0 Å². The summed E-state index contributed by atoms with van der Waals surface area (Å²) >= 11 is 3.06. The summed E-state index contributed by atoms with van der Waals surface area (Å²) in [4.78, 5) is 21.7. The molecule has 0 bridgehead atoms. The molecule has 3 heteroatoms. The Bertz CT molecular complexity index is 251. The van der Waals surface area contributed by atoms with E-state index in [1.54, 1.807) is 12.2 Å². The molecule has 0 aromatic heterocycles. The van der Waals surface area contributed by atoms with Crippen molar-refractivity contribution >= 4 is 27.5 Å². The van der Waals surface area contributed by atoms with Crippen molar-refractivity contribution < 1.29 is 9.59 Å². The maximum atomic E-state index is 11.0. The van der Waals surface area contributed by atoms with E-state index in [9.17, 15) is 9.59 Å². The maximum absolute atomic E-state index is 11.0. The normalized spacial score (nSPS) is 16.5. The molecule has 0 fully saturated rings. The third kappa shape index (κ3) is 2.12. The van der Waals surface area contributed by atoms with Crippen LogP contribution >= 0.6 is 15.9 Å². The number of hydrogen-bond acceptors (Lipinski definition) is 2. The third-order valence-electron chi connectivity index (χ3n) is 1.42. The molecule has 0 aromatic rings. The maximum Gasteiger partial charge on any atom is 0.173 e. The van der Waals surface area contributed by atoms with Crippen molar-refractivity contribution in [3.8, 4) is 0 Å². The Hall–Kier alpha value is -0.700. The van der Waals surface area contributed by atoms with E-state index in [2.05, 4.69) is 15.9 Å². The topological polar surface area (TPSA) is 34.1 Å². The van der Waals surface area contributed by atoms with Gasteiger partial charge in [0.1, 0.15) is 0 Å². The molecule has 1 aliphatic rings. The van der Waals surface area contributed by atoms with Crippen molar-refractivity contribution in [1.29, 1.82) is 0 Å². The number of carbonyl (C=O) groups excluding carboxylic acids is 2. The van der Waals surface area contributed by atoms with Crippen molar-refractivity contribution in [2.75, 3.05) is 5.33 Å². The first-order chi connectivity index (χ1) is 5.24. The van der Waals surface area contributed by atoms with Crippen LogP contribution in [0.4, 0.5) is 0 Å². The number of hydrogen-bond donors (Lipinski definition) is 0. The van der Waals surface area contributed by atoms with Gasteiger partial charge in [-0.1, -0.05) is 22.0 Å². The van der Waals surface area contributed by atoms with E-state index in [-0.39, 0.29) is 11.6 Å². The molecule has 0 aromatic carbocycles. The van der Waals surface area contributed by atoms with Gasteiger partial charge in [-0.15, -0.1) is 0 Å². The van der Waals surface area contributed by atoms with Crippen LogP contribution in [0.2, 0.25) is 0 Å². The highest BCUT2D eigenvalue weighted by atomic mass is 79.9. The van der Waals surface area contributed by atoms with Gasteiger partial charge in [-0.3, -0.25) is 9.59 Å². The summed E-state index contributed by atoms with van der Waals surface area (Å²) in [6.45, 7) is 0. The average Bonchev–Trinajstić information content (AvgIpc) is 2.05. The van der Waals surface area contributed by atoms with Gasteiger partial charge in [0, 0.05) is 12.0 Å². The zero-order chi connectivity index (χ0) is 8.27. The molecule has 0 radical (unpaired) electrons. The predicted octanol–water partition coefficient (Wildman–Crippen LogP) is 1.41. The Morgan fingerprint density at radius 3 is 2.73 bits per heavy atom. The number of carbonyl (C=O) groups is 2. The van der Waals surface area contributed by atoms with Gasteiger partial charge in [-0.25, -0.2) is 0 Å². The quantitative estimate of drug-likeness (QED) is 0.652. The van der Waals surface area contributed by atoms with Crippen LogP contribution < -0.4 is 0 Å². The Kier molecular flexibility index (Phi) is 2.76. The molecule has 0 N–H and O–H groups in total. The molecule has 0 amide bonds. The van der Waals surface area contributed by atoms with E-state index in [1.165, 1.54) is 6.08 Å². The zero-order valence-electron chi connectivity index (χ0n) is 5.84. The van der Waals surface area contributed by atoms with Gasteiger partial charge in [0.05, 0.1) is 5.33 Å². The lowest BCUT2D eigenvalue weighted by Gasteiger charge is -2.01. The molecule has 0 heterocycles. The first-order valence-electron chi connectivity index (χ1n) is 3.24. The van der Waals surface area contributed by atoms with Crippen molar-refractivity contribution in [1.82, 2.24) is 0 Å². The number of Topliss-reactive ketones (excluding diaryl/α,β-unsaturated/α-hetero) is 1. The fraction of sp³-hybridized carbons (Fsp3) is 0.250. The minimum Gasteiger partial charge on any atom is -0.295 e. The van der Waals surface area contributed by atoms with E-state index in [0.717, 1.165) is 0 Å². The highest BCUT2D eigenvalue weighted by molar-refractivity contribution is 9.09. The lowest BCUT2D eigenvalue weighted by molar-refractivity contribution is -0.113. The smallest absolute Gasteiger partial charge is 0.173 e. The van der Waals surface area contributed by atoms with Gasteiger partial charge < -0.3 is 0 Å². The van der Waals surface area contributed by atoms with E-state index >= 15 is 0 Å². The summed E-state index contributed by atoms with van der Waals surface area (Å²) in [6, 6.07) is 0. The van der Waals surface area contributed by atoms with Crippen molar-refractivity contribution in [3.63, 3.8) is 0 Å². The summed E-state index contributed by atoms with van der Waals surface area (Å²) in [6.07, 6.45) is 5.02. The average molecular weight is 215 g/mol. The van der Waals surface area contributed by atoms with Crippen molar-refractivity contribution in [3.05, 3.63) is 23.8 Å². The third-order valence-corrected chi connectivity index (χ3v) is 1.92. The molecule has 11 heavy (non-hydrogen) atoms. The fourth-order valence-electron chi connectivity index (χ4n) is 0.813. The highest BCUT2D eigenvalue weighted by Crippen LogP contribution is 2.09. The van der Waals surface area contributed by atoms with E-state index in [1.807, 2.05) is 0 Å². The summed E-state index contributed by atoms with van der Waals surface area (Å²) in [5.74, 6) is 0.0740. The fourth-order valence-corrected chi connectivity index (χ4v) is 1.14. The van der Waals surface area contributed by atoms with Gasteiger partial charge in [-0.2, -0.15) is 0 Å². The lowest BCUT2D eigenvalue weighted by atomic mass is 10.0. The number of ketones is 2. The van der Waals surface area contributed by atoms with Crippen LogP contribution in [0.25, 0.3) is 0 Å². The molecular weight excluding hydrogens is 208 g/mol. The molecule has 0 unspecified atom stereocenters. The minimum absolute atomic E-state index is 0.0220. The Morgan fingerprint density at radius 2 is 2.27 bits per heavy atom. The first-order valence-corrected chi connectivity index (χ1v) is 4.36.